The number of nitrogens with one attached hydrogen (secondary N) is 2. The summed E-state index contributed by atoms with van der Waals surface area (Å²) in [7, 11) is 0. The second-order valence-corrected chi connectivity index (χ2v) is 3.38. The van der Waals surface area contributed by atoms with Gasteiger partial charge < -0.3 is 10.3 Å². The zero-order valence-corrected chi connectivity index (χ0v) is 8.38. The molecule has 0 amide bonds. The fourth-order valence-corrected chi connectivity index (χ4v) is 1.42. The third-order valence-electron chi connectivity index (χ3n) is 2.21. The van der Waals surface area contributed by atoms with E-state index in [2.05, 4.69) is 22.2 Å². The van der Waals surface area contributed by atoms with Crippen molar-refractivity contribution in [1.29, 1.82) is 0 Å². The van der Waals surface area contributed by atoms with Crippen LogP contribution < -0.4 is 5.32 Å². The summed E-state index contributed by atoms with van der Waals surface area (Å²) in [6, 6.07) is 8.06. The molecule has 3 heteroatoms. The molecule has 74 valence electrons. The molecule has 0 atom stereocenters. The van der Waals surface area contributed by atoms with E-state index in [1.807, 2.05) is 24.3 Å². The van der Waals surface area contributed by atoms with Gasteiger partial charge in [-0.2, -0.15) is 0 Å². The molecule has 2 N–H and O–H groups in total. The van der Waals surface area contributed by atoms with Gasteiger partial charge in [0.2, 0.25) is 5.95 Å². The number of aromatic nitrogens is 2. The number of nitrogens with zero attached hydrogens (tertiary/aromatic N) is 1. The number of anilines is 1. The molecule has 2 rings (SSSR count). The molecule has 0 aliphatic carbocycles. The van der Waals surface area contributed by atoms with Crippen molar-refractivity contribution in [3.63, 3.8) is 0 Å². The highest BCUT2D eigenvalue weighted by atomic mass is 15.1. The smallest absolute Gasteiger partial charge is 0.201 e. The van der Waals surface area contributed by atoms with Crippen molar-refractivity contribution in [3.05, 3.63) is 24.3 Å². The van der Waals surface area contributed by atoms with Gasteiger partial charge in [0.05, 0.1) is 11.0 Å². The van der Waals surface area contributed by atoms with Gasteiger partial charge in [0.15, 0.2) is 0 Å². The maximum atomic E-state index is 4.42. The first-order valence-electron chi connectivity index (χ1n) is 5.09. The molecule has 0 saturated heterocycles. The fourth-order valence-electron chi connectivity index (χ4n) is 1.42. The lowest BCUT2D eigenvalue weighted by Gasteiger charge is -1.98. The molecule has 0 fully saturated rings. The van der Waals surface area contributed by atoms with E-state index in [4.69, 9.17) is 0 Å². The first-order valence-corrected chi connectivity index (χ1v) is 5.09. The SMILES string of the molecule is CCCCNc1nc2ccccc2[nH]1. The van der Waals surface area contributed by atoms with Gasteiger partial charge >= 0.3 is 0 Å². The third kappa shape index (κ3) is 1.87. The number of aromatic amines is 1. The van der Waals surface area contributed by atoms with Crippen LogP contribution in [0.1, 0.15) is 19.8 Å². The summed E-state index contributed by atoms with van der Waals surface area (Å²) in [6.07, 6.45) is 2.38. The van der Waals surface area contributed by atoms with Gasteiger partial charge in [0, 0.05) is 6.54 Å². The van der Waals surface area contributed by atoms with Gasteiger partial charge in [-0.25, -0.2) is 4.98 Å². The van der Waals surface area contributed by atoms with E-state index in [0.29, 0.717) is 0 Å². The third-order valence-corrected chi connectivity index (χ3v) is 2.21. The summed E-state index contributed by atoms with van der Waals surface area (Å²) in [4.78, 5) is 7.65. The Balaban J connectivity index is 2.11. The molecule has 0 aliphatic heterocycles. The standard InChI is InChI=1S/C11H15N3/c1-2-3-8-12-11-13-9-6-4-5-7-10(9)14-11/h4-7H,2-3,8H2,1H3,(H2,12,13,14). The Morgan fingerprint density at radius 2 is 2.21 bits per heavy atom. The van der Waals surface area contributed by atoms with Crippen molar-refractivity contribution >= 4 is 17.0 Å². The predicted octanol–water partition coefficient (Wildman–Crippen LogP) is 2.77. The van der Waals surface area contributed by atoms with Crippen LogP contribution in [0, 0.1) is 0 Å². The van der Waals surface area contributed by atoms with E-state index in [1.54, 1.807) is 0 Å². The zero-order chi connectivity index (χ0) is 9.80. The lowest BCUT2D eigenvalue weighted by Crippen LogP contribution is -2.01. The van der Waals surface area contributed by atoms with Crippen LogP contribution in [0.4, 0.5) is 5.95 Å². The van der Waals surface area contributed by atoms with E-state index in [0.717, 1.165) is 23.5 Å². The Kier molecular flexibility index (Phi) is 2.68. The number of rotatable bonds is 4. The van der Waals surface area contributed by atoms with Crippen molar-refractivity contribution in [1.82, 2.24) is 9.97 Å². The average Bonchev–Trinajstić information content (AvgIpc) is 2.60. The highest BCUT2D eigenvalue weighted by molar-refractivity contribution is 5.77. The number of unbranched alkanes of at least 4 members (excludes halogenated alkanes) is 1. The average molecular weight is 189 g/mol. The van der Waals surface area contributed by atoms with Crippen LogP contribution in [0.5, 0.6) is 0 Å². The minimum absolute atomic E-state index is 0.875. The quantitative estimate of drug-likeness (QED) is 0.726. The molecule has 0 aliphatic rings. The topological polar surface area (TPSA) is 40.7 Å². The molecule has 1 heterocycles. The van der Waals surface area contributed by atoms with Gasteiger partial charge in [-0.3, -0.25) is 0 Å². The summed E-state index contributed by atoms with van der Waals surface area (Å²) in [5.74, 6) is 0.875. The summed E-state index contributed by atoms with van der Waals surface area (Å²) in [5, 5.41) is 3.27. The minimum Gasteiger partial charge on any atom is -0.356 e. The Labute approximate surface area is 83.6 Å². The number of benzene rings is 1. The van der Waals surface area contributed by atoms with Crippen molar-refractivity contribution in [2.75, 3.05) is 11.9 Å². The van der Waals surface area contributed by atoms with E-state index < -0.39 is 0 Å². The molecule has 0 bridgehead atoms. The van der Waals surface area contributed by atoms with Crippen LogP contribution in [0.25, 0.3) is 11.0 Å². The summed E-state index contributed by atoms with van der Waals surface area (Å²) < 4.78 is 0. The van der Waals surface area contributed by atoms with Crippen LogP contribution in [0.2, 0.25) is 0 Å². The molecule has 0 radical (unpaired) electrons. The van der Waals surface area contributed by atoms with Crippen LogP contribution >= 0.6 is 0 Å². The maximum absolute atomic E-state index is 4.42. The second kappa shape index (κ2) is 4.13. The number of hydrogen-bond acceptors (Lipinski definition) is 2. The normalized spacial score (nSPS) is 10.6. The first-order chi connectivity index (χ1) is 6.90. The van der Waals surface area contributed by atoms with E-state index in [9.17, 15) is 0 Å². The lowest BCUT2D eigenvalue weighted by molar-refractivity contribution is 0.829. The second-order valence-electron chi connectivity index (χ2n) is 3.38. The monoisotopic (exact) mass is 189 g/mol. The molecule has 0 saturated carbocycles. The number of hydrogen-bond donors (Lipinski definition) is 2. The van der Waals surface area contributed by atoms with E-state index in [-0.39, 0.29) is 0 Å². The van der Waals surface area contributed by atoms with Crippen LogP contribution in [0.15, 0.2) is 24.3 Å². The van der Waals surface area contributed by atoms with Crippen molar-refractivity contribution in [2.45, 2.75) is 19.8 Å². The number of H-pyrrole nitrogens is 1. The van der Waals surface area contributed by atoms with Gasteiger partial charge in [-0.1, -0.05) is 25.5 Å². The highest BCUT2D eigenvalue weighted by Crippen LogP contribution is 2.12. The summed E-state index contributed by atoms with van der Waals surface area (Å²) in [6.45, 7) is 3.16. The van der Waals surface area contributed by atoms with Crippen molar-refractivity contribution in [2.24, 2.45) is 0 Å². The predicted molar refractivity (Wildman–Crippen MR) is 59.5 cm³/mol. The largest absolute Gasteiger partial charge is 0.356 e. The Bertz CT molecular complexity index is 373. The molecule has 1 aromatic carbocycles. The molecule has 1 aromatic heterocycles. The first kappa shape index (κ1) is 9.06. The molecule has 2 aromatic rings. The number of fused-ring (bicyclic) bond motifs is 1. The number of para-hydroxylation sites is 2. The van der Waals surface area contributed by atoms with Crippen molar-refractivity contribution in [3.8, 4) is 0 Å². The summed E-state index contributed by atoms with van der Waals surface area (Å²) in [5.41, 5.74) is 2.11. The molecule has 0 spiro atoms. The van der Waals surface area contributed by atoms with Crippen LogP contribution in [0.3, 0.4) is 0 Å². The number of imidazole rings is 1. The Morgan fingerprint density at radius 1 is 1.36 bits per heavy atom. The van der Waals surface area contributed by atoms with Gasteiger partial charge in [0.25, 0.3) is 0 Å². The molecule has 14 heavy (non-hydrogen) atoms. The Hall–Kier alpha value is -1.51. The minimum atomic E-state index is 0.875. The molecule has 0 unspecified atom stereocenters. The molecule has 3 nitrogen and oxygen atoms in total. The van der Waals surface area contributed by atoms with Gasteiger partial charge in [-0.05, 0) is 18.6 Å². The summed E-state index contributed by atoms with van der Waals surface area (Å²) >= 11 is 0. The van der Waals surface area contributed by atoms with E-state index in [1.165, 1.54) is 12.8 Å². The van der Waals surface area contributed by atoms with Gasteiger partial charge in [-0.15, -0.1) is 0 Å². The van der Waals surface area contributed by atoms with Gasteiger partial charge in [0.1, 0.15) is 0 Å². The lowest BCUT2D eigenvalue weighted by atomic mass is 10.3. The van der Waals surface area contributed by atoms with Crippen molar-refractivity contribution < 1.29 is 0 Å². The zero-order valence-electron chi connectivity index (χ0n) is 8.38. The highest BCUT2D eigenvalue weighted by Gasteiger charge is 1.99. The Morgan fingerprint density at radius 3 is 3.00 bits per heavy atom. The van der Waals surface area contributed by atoms with Crippen LogP contribution in [-0.2, 0) is 0 Å². The molecular formula is C11H15N3. The van der Waals surface area contributed by atoms with E-state index >= 15 is 0 Å². The maximum Gasteiger partial charge on any atom is 0.201 e. The van der Waals surface area contributed by atoms with Crippen LogP contribution in [-0.4, -0.2) is 16.5 Å². The molecular weight excluding hydrogens is 174 g/mol. The fraction of sp³-hybridized carbons (Fsp3) is 0.364.